The molecule has 1 aliphatic rings. The minimum atomic E-state index is -4.44. The van der Waals surface area contributed by atoms with Gasteiger partial charge in [0.05, 0.1) is 32.9 Å². The molecule has 6 nitrogen and oxygen atoms in total. The molecule has 31 heavy (non-hydrogen) atoms. The fourth-order valence-corrected chi connectivity index (χ4v) is 3.35. The lowest BCUT2D eigenvalue weighted by atomic mass is 10.1. The van der Waals surface area contributed by atoms with Crippen LogP contribution in [0.3, 0.4) is 0 Å². The van der Waals surface area contributed by atoms with Gasteiger partial charge in [-0.15, -0.1) is 0 Å². The predicted octanol–water partition coefficient (Wildman–Crippen LogP) is 3.95. The molecule has 168 valence electrons. The fourth-order valence-electron chi connectivity index (χ4n) is 3.35. The number of benzene rings is 2. The van der Waals surface area contributed by atoms with Gasteiger partial charge < -0.3 is 23.8 Å². The van der Waals surface area contributed by atoms with E-state index in [9.17, 15) is 18.0 Å². The Morgan fingerprint density at radius 1 is 1.16 bits per heavy atom. The van der Waals surface area contributed by atoms with Gasteiger partial charge in [0.15, 0.2) is 0 Å². The van der Waals surface area contributed by atoms with Crippen LogP contribution in [0.15, 0.2) is 36.4 Å². The maximum atomic E-state index is 13.0. The predicted molar refractivity (Wildman–Crippen MR) is 107 cm³/mol. The first-order valence-corrected chi connectivity index (χ1v) is 9.66. The molecule has 0 saturated carbocycles. The van der Waals surface area contributed by atoms with Gasteiger partial charge in [-0.05, 0) is 37.3 Å². The van der Waals surface area contributed by atoms with Gasteiger partial charge in [-0.1, -0.05) is 6.07 Å². The van der Waals surface area contributed by atoms with Crippen molar-refractivity contribution in [3.8, 4) is 17.2 Å². The van der Waals surface area contributed by atoms with Crippen LogP contribution in [0.1, 0.15) is 21.5 Å². The molecule has 0 aliphatic carbocycles. The molecule has 1 aliphatic heterocycles. The van der Waals surface area contributed by atoms with E-state index in [2.05, 4.69) is 0 Å². The minimum absolute atomic E-state index is 0.0195. The van der Waals surface area contributed by atoms with Gasteiger partial charge in [0, 0.05) is 17.7 Å². The number of hydrogen-bond acceptors (Lipinski definition) is 5. The Morgan fingerprint density at radius 2 is 1.84 bits per heavy atom. The van der Waals surface area contributed by atoms with E-state index in [1.54, 1.807) is 17.0 Å². The molecule has 0 bridgehead atoms. The molecule has 2 aromatic carbocycles. The molecule has 0 unspecified atom stereocenters. The zero-order valence-electron chi connectivity index (χ0n) is 17.5. The number of amides is 1. The summed E-state index contributed by atoms with van der Waals surface area (Å²) in [5, 5.41) is 0. The number of morpholine rings is 1. The van der Waals surface area contributed by atoms with Crippen molar-refractivity contribution in [3.63, 3.8) is 0 Å². The van der Waals surface area contributed by atoms with Gasteiger partial charge in [-0.3, -0.25) is 4.79 Å². The van der Waals surface area contributed by atoms with E-state index in [0.717, 1.165) is 17.7 Å². The third-order valence-electron chi connectivity index (χ3n) is 5.02. The Morgan fingerprint density at radius 3 is 2.45 bits per heavy atom. The van der Waals surface area contributed by atoms with E-state index >= 15 is 0 Å². The third kappa shape index (κ3) is 5.41. The Balaban J connectivity index is 1.66. The first kappa shape index (κ1) is 22.7. The third-order valence-corrected chi connectivity index (χ3v) is 5.02. The SMILES string of the molecule is COc1cc(C(=O)N2CCO[C@H](COc3cccc(C(F)(F)F)c3)C2)cc(OC)c1C. The summed E-state index contributed by atoms with van der Waals surface area (Å²) in [6, 6.07) is 7.97. The monoisotopic (exact) mass is 439 g/mol. The Labute approximate surface area is 178 Å². The molecule has 1 saturated heterocycles. The summed E-state index contributed by atoms with van der Waals surface area (Å²) in [7, 11) is 3.04. The molecule has 1 heterocycles. The largest absolute Gasteiger partial charge is 0.496 e. The lowest BCUT2D eigenvalue weighted by molar-refractivity contribution is -0.137. The zero-order valence-corrected chi connectivity index (χ0v) is 17.5. The van der Waals surface area contributed by atoms with E-state index < -0.39 is 17.8 Å². The fraction of sp³-hybridized carbons (Fsp3) is 0.409. The van der Waals surface area contributed by atoms with Crippen LogP contribution >= 0.6 is 0 Å². The zero-order chi connectivity index (χ0) is 22.6. The van der Waals surface area contributed by atoms with Crippen molar-refractivity contribution in [2.75, 3.05) is 40.5 Å². The average molecular weight is 439 g/mol. The summed E-state index contributed by atoms with van der Waals surface area (Å²) in [5.41, 5.74) is 0.420. The number of carbonyl (C=O) groups is 1. The number of methoxy groups -OCH3 is 2. The van der Waals surface area contributed by atoms with Gasteiger partial charge in [0.2, 0.25) is 0 Å². The topological polar surface area (TPSA) is 57.2 Å². The second kappa shape index (κ2) is 9.47. The second-order valence-corrected chi connectivity index (χ2v) is 7.09. The summed E-state index contributed by atoms with van der Waals surface area (Å²) in [5.74, 6) is 0.958. The summed E-state index contributed by atoms with van der Waals surface area (Å²) in [6.45, 7) is 2.78. The molecule has 0 N–H and O–H groups in total. The van der Waals surface area contributed by atoms with Crippen LogP contribution in [0.25, 0.3) is 0 Å². The summed E-state index contributed by atoms with van der Waals surface area (Å²) < 4.78 is 60.4. The van der Waals surface area contributed by atoms with Crippen LogP contribution in [0.2, 0.25) is 0 Å². The number of alkyl halides is 3. The van der Waals surface area contributed by atoms with Crippen molar-refractivity contribution in [1.82, 2.24) is 4.90 Å². The Hall–Kier alpha value is -2.94. The van der Waals surface area contributed by atoms with Crippen LogP contribution in [0.4, 0.5) is 13.2 Å². The highest BCUT2D eigenvalue weighted by molar-refractivity contribution is 5.95. The van der Waals surface area contributed by atoms with Crippen molar-refractivity contribution in [2.24, 2.45) is 0 Å². The van der Waals surface area contributed by atoms with Crippen molar-refractivity contribution in [2.45, 2.75) is 19.2 Å². The average Bonchev–Trinajstić information content (AvgIpc) is 2.77. The molecule has 2 aromatic rings. The molecule has 0 spiro atoms. The van der Waals surface area contributed by atoms with Crippen molar-refractivity contribution in [3.05, 3.63) is 53.1 Å². The highest BCUT2D eigenvalue weighted by Gasteiger charge is 2.31. The Kier molecular flexibility index (Phi) is 6.94. The molecule has 3 rings (SSSR count). The highest BCUT2D eigenvalue weighted by Crippen LogP contribution is 2.32. The maximum Gasteiger partial charge on any atom is 0.416 e. The molecular formula is C22H24F3NO5. The van der Waals surface area contributed by atoms with E-state index in [0.29, 0.717) is 30.2 Å². The number of nitrogens with zero attached hydrogens (tertiary/aromatic N) is 1. The first-order valence-electron chi connectivity index (χ1n) is 9.66. The highest BCUT2D eigenvalue weighted by atomic mass is 19.4. The van der Waals surface area contributed by atoms with Gasteiger partial charge in [0.1, 0.15) is 30.0 Å². The molecular weight excluding hydrogens is 415 g/mol. The molecule has 1 amide bonds. The van der Waals surface area contributed by atoms with Gasteiger partial charge in [-0.2, -0.15) is 13.2 Å². The second-order valence-electron chi connectivity index (χ2n) is 7.09. The van der Waals surface area contributed by atoms with E-state index in [1.807, 2.05) is 6.92 Å². The first-order chi connectivity index (χ1) is 14.7. The summed E-state index contributed by atoms with van der Waals surface area (Å²) in [4.78, 5) is 14.6. The number of hydrogen-bond donors (Lipinski definition) is 0. The van der Waals surface area contributed by atoms with Gasteiger partial charge in [0.25, 0.3) is 5.91 Å². The van der Waals surface area contributed by atoms with Gasteiger partial charge >= 0.3 is 6.18 Å². The van der Waals surface area contributed by atoms with Gasteiger partial charge in [-0.25, -0.2) is 0 Å². The van der Waals surface area contributed by atoms with Crippen LogP contribution in [-0.2, 0) is 10.9 Å². The lowest BCUT2D eigenvalue weighted by Gasteiger charge is -2.33. The normalized spacial score (nSPS) is 16.7. The molecule has 0 radical (unpaired) electrons. The minimum Gasteiger partial charge on any atom is -0.496 e. The number of rotatable bonds is 6. The van der Waals surface area contributed by atoms with Crippen LogP contribution in [0.5, 0.6) is 17.2 Å². The number of carbonyl (C=O) groups excluding carboxylic acids is 1. The molecule has 1 atom stereocenters. The van der Waals surface area contributed by atoms with E-state index in [4.69, 9.17) is 18.9 Å². The van der Waals surface area contributed by atoms with Crippen molar-refractivity contribution < 1.29 is 36.9 Å². The number of ether oxygens (including phenoxy) is 4. The summed E-state index contributed by atoms with van der Waals surface area (Å²) >= 11 is 0. The molecule has 0 aromatic heterocycles. The molecule has 1 fully saturated rings. The Bertz CT molecular complexity index is 907. The summed E-state index contributed by atoms with van der Waals surface area (Å²) in [6.07, 6.45) is -4.92. The van der Waals surface area contributed by atoms with E-state index in [1.165, 1.54) is 26.4 Å². The smallest absolute Gasteiger partial charge is 0.416 e. The maximum absolute atomic E-state index is 13.0. The molecule has 9 heteroatoms. The van der Waals surface area contributed by atoms with Crippen LogP contribution < -0.4 is 14.2 Å². The van der Waals surface area contributed by atoms with E-state index in [-0.39, 0.29) is 24.8 Å². The quantitative estimate of drug-likeness (QED) is 0.682. The van der Waals surface area contributed by atoms with Crippen molar-refractivity contribution in [1.29, 1.82) is 0 Å². The lowest BCUT2D eigenvalue weighted by Crippen LogP contribution is -2.47. The standard InChI is InChI=1S/C22H24F3NO5/c1-14-19(28-2)9-15(10-20(14)29-3)21(27)26-7-8-30-18(12-26)13-31-17-6-4-5-16(11-17)22(23,24)25/h4-6,9-11,18H,7-8,12-13H2,1-3H3/t18-/m0/s1. The van der Waals surface area contributed by atoms with Crippen molar-refractivity contribution >= 4 is 5.91 Å². The van der Waals surface area contributed by atoms with Crippen LogP contribution in [-0.4, -0.2) is 57.4 Å². The van der Waals surface area contributed by atoms with Crippen LogP contribution in [0, 0.1) is 6.92 Å². The number of halogens is 3.